The number of ether oxygens (including phenoxy) is 1. The maximum atomic E-state index is 13.7. The molecule has 0 aliphatic heterocycles. The highest BCUT2D eigenvalue weighted by molar-refractivity contribution is 6.30. The maximum Gasteiger partial charge on any atom is 0.169 e. The average molecular weight is 267 g/mol. The first-order chi connectivity index (χ1) is 8.61. The summed E-state index contributed by atoms with van der Waals surface area (Å²) in [6.07, 6.45) is 1.42. The van der Waals surface area contributed by atoms with Crippen LogP contribution >= 0.6 is 11.6 Å². The Balaban J connectivity index is 2.31. The van der Waals surface area contributed by atoms with E-state index in [2.05, 4.69) is 4.98 Å². The van der Waals surface area contributed by atoms with Crippen LogP contribution in [0.3, 0.4) is 0 Å². The lowest BCUT2D eigenvalue weighted by molar-refractivity contribution is 0.415. The van der Waals surface area contributed by atoms with Crippen LogP contribution in [0.4, 0.5) is 15.9 Å². The molecular formula is C13H12ClFN2O. The molecule has 0 bridgehead atoms. The topological polar surface area (TPSA) is 25.4 Å². The molecule has 0 saturated heterocycles. The van der Waals surface area contributed by atoms with Gasteiger partial charge < -0.3 is 9.64 Å². The number of anilines is 2. The van der Waals surface area contributed by atoms with Crippen LogP contribution in [0.5, 0.6) is 5.75 Å². The quantitative estimate of drug-likeness (QED) is 0.848. The minimum atomic E-state index is -0.458. The second kappa shape index (κ2) is 5.23. The van der Waals surface area contributed by atoms with Gasteiger partial charge in [0.15, 0.2) is 11.6 Å². The molecule has 2 rings (SSSR count). The number of halogens is 2. The zero-order valence-electron chi connectivity index (χ0n) is 10.0. The highest BCUT2D eigenvalue weighted by atomic mass is 35.5. The number of pyridine rings is 1. The van der Waals surface area contributed by atoms with Crippen molar-refractivity contribution in [3.05, 3.63) is 47.4 Å². The fraction of sp³-hybridized carbons (Fsp3) is 0.154. The number of nitrogens with zero attached hydrogens (tertiary/aromatic N) is 2. The molecule has 94 valence electrons. The molecule has 3 nitrogen and oxygen atoms in total. The third-order valence-electron chi connectivity index (χ3n) is 2.57. The lowest BCUT2D eigenvalue weighted by Gasteiger charge is -2.19. The van der Waals surface area contributed by atoms with Gasteiger partial charge in [-0.2, -0.15) is 0 Å². The molecule has 0 radical (unpaired) electrons. The molecule has 0 spiro atoms. The molecule has 1 aromatic heterocycles. The number of benzene rings is 1. The molecule has 5 heteroatoms. The second-order valence-corrected chi connectivity index (χ2v) is 4.15. The molecule has 0 fully saturated rings. The van der Waals surface area contributed by atoms with Gasteiger partial charge in [-0.05, 0) is 30.3 Å². The lowest BCUT2D eigenvalue weighted by Crippen LogP contribution is -2.12. The van der Waals surface area contributed by atoms with Gasteiger partial charge in [0.1, 0.15) is 5.75 Å². The van der Waals surface area contributed by atoms with Crippen molar-refractivity contribution in [2.75, 3.05) is 19.1 Å². The smallest absolute Gasteiger partial charge is 0.169 e. The maximum absolute atomic E-state index is 13.7. The van der Waals surface area contributed by atoms with Crippen molar-refractivity contribution in [1.29, 1.82) is 0 Å². The second-order valence-electron chi connectivity index (χ2n) is 3.72. The summed E-state index contributed by atoms with van der Waals surface area (Å²) in [5.74, 6) is 0.516. The first kappa shape index (κ1) is 12.6. The summed E-state index contributed by atoms with van der Waals surface area (Å²) in [5.41, 5.74) is 0.810. The molecule has 0 aliphatic rings. The number of hydrogen-bond acceptors (Lipinski definition) is 3. The molecule has 18 heavy (non-hydrogen) atoms. The Hall–Kier alpha value is -1.81. The Bertz CT molecular complexity index is 545. The van der Waals surface area contributed by atoms with E-state index in [9.17, 15) is 4.39 Å². The van der Waals surface area contributed by atoms with E-state index >= 15 is 0 Å². The van der Waals surface area contributed by atoms with Crippen molar-refractivity contribution in [3.63, 3.8) is 0 Å². The first-order valence-corrected chi connectivity index (χ1v) is 5.68. The summed E-state index contributed by atoms with van der Waals surface area (Å²) in [6.45, 7) is 0. The molecule has 2 aromatic rings. The minimum absolute atomic E-state index is 0.226. The summed E-state index contributed by atoms with van der Waals surface area (Å²) in [7, 11) is 3.33. The number of rotatable bonds is 3. The third-order valence-corrected chi connectivity index (χ3v) is 2.77. The molecule has 0 unspecified atom stereocenters. The van der Waals surface area contributed by atoms with Crippen LogP contribution < -0.4 is 9.64 Å². The Morgan fingerprint density at radius 2 is 1.94 bits per heavy atom. The summed E-state index contributed by atoms with van der Waals surface area (Å²) < 4.78 is 18.8. The fourth-order valence-corrected chi connectivity index (χ4v) is 1.73. The summed E-state index contributed by atoms with van der Waals surface area (Å²) in [4.78, 5) is 5.63. The Morgan fingerprint density at radius 3 is 2.50 bits per heavy atom. The fourth-order valence-electron chi connectivity index (χ4n) is 1.58. The van der Waals surface area contributed by atoms with E-state index in [1.165, 1.54) is 12.3 Å². The van der Waals surface area contributed by atoms with Crippen LogP contribution in [0.2, 0.25) is 5.02 Å². The summed E-state index contributed by atoms with van der Waals surface area (Å²) in [5, 5.41) is 0.277. The van der Waals surface area contributed by atoms with E-state index in [1.807, 2.05) is 12.1 Å². The normalized spacial score (nSPS) is 10.2. The lowest BCUT2D eigenvalue weighted by atomic mass is 10.2. The van der Waals surface area contributed by atoms with Crippen LogP contribution in [0.1, 0.15) is 0 Å². The van der Waals surface area contributed by atoms with Crippen LogP contribution in [0.25, 0.3) is 0 Å². The zero-order chi connectivity index (χ0) is 13.1. The largest absolute Gasteiger partial charge is 0.497 e. The highest BCUT2D eigenvalue weighted by Crippen LogP contribution is 2.27. The minimum Gasteiger partial charge on any atom is -0.497 e. The molecule has 0 aliphatic carbocycles. The molecule has 0 amide bonds. The number of aromatic nitrogens is 1. The van der Waals surface area contributed by atoms with Crippen molar-refractivity contribution in [2.24, 2.45) is 0 Å². The molecular weight excluding hydrogens is 255 g/mol. The van der Waals surface area contributed by atoms with Gasteiger partial charge in [-0.25, -0.2) is 9.37 Å². The van der Waals surface area contributed by atoms with Crippen molar-refractivity contribution in [2.45, 2.75) is 0 Å². The molecule has 1 heterocycles. The van der Waals surface area contributed by atoms with Crippen LogP contribution in [-0.4, -0.2) is 19.1 Å². The molecule has 0 saturated carbocycles. The zero-order valence-corrected chi connectivity index (χ0v) is 10.8. The van der Waals surface area contributed by atoms with E-state index in [4.69, 9.17) is 16.3 Å². The van der Waals surface area contributed by atoms with Gasteiger partial charge >= 0.3 is 0 Å². The van der Waals surface area contributed by atoms with Crippen molar-refractivity contribution in [3.8, 4) is 5.75 Å². The van der Waals surface area contributed by atoms with E-state index < -0.39 is 5.82 Å². The monoisotopic (exact) mass is 266 g/mol. The van der Waals surface area contributed by atoms with E-state index in [1.54, 1.807) is 31.2 Å². The van der Waals surface area contributed by atoms with Crippen LogP contribution in [-0.2, 0) is 0 Å². The van der Waals surface area contributed by atoms with Gasteiger partial charge in [0.05, 0.1) is 12.1 Å². The van der Waals surface area contributed by atoms with Gasteiger partial charge in [0.25, 0.3) is 0 Å². The number of hydrogen-bond donors (Lipinski definition) is 0. The van der Waals surface area contributed by atoms with Crippen molar-refractivity contribution in [1.82, 2.24) is 4.98 Å². The van der Waals surface area contributed by atoms with Gasteiger partial charge in [-0.15, -0.1) is 0 Å². The Morgan fingerprint density at radius 1 is 1.28 bits per heavy atom. The highest BCUT2D eigenvalue weighted by Gasteiger charge is 2.11. The van der Waals surface area contributed by atoms with Crippen LogP contribution in [0, 0.1) is 5.82 Å². The van der Waals surface area contributed by atoms with E-state index in [0.29, 0.717) is 0 Å². The molecule has 0 atom stereocenters. The Labute approximate surface area is 110 Å². The SMILES string of the molecule is COc1ccc(N(C)c2ncc(Cl)cc2F)cc1. The third kappa shape index (κ3) is 2.54. The summed E-state index contributed by atoms with van der Waals surface area (Å²) >= 11 is 5.67. The van der Waals surface area contributed by atoms with E-state index in [-0.39, 0.29) is 10.8 Å². The standard InChI is InChI=1S/C13H12ClFN2O/c1-17(10-3-5-11(18-2)6-4-10)13-12(15)7-9(14)8-16-13/h3-8H,1-2H3. The predicted octanol–water partition coefficient (Wildman–Crippen LogP) is 3.65. The van der Waals surface area contributed by atoms with Gasteiger partial charge in [-0.1, -0.05) is 11.6 Å². The van der Waals surface area contributed by atoms with E-state index in [0.717, 1.165) is 11.4 Å². The summed E-state index contributed by atoms with van der Waals surface area (Å²) in [6, 6.07) is 8.51. The first-order valence-electron chi connectivity index (χ1n) is 5.30. The van der Waals surface area contributed by atoms with Gasteiger partial charge in [0, 0.05) is 18.9 Å². The predicted molar refractivity (Wildman–Crippen MR) is 70.3 cm³/mol. The van der Waals surface area contributed by atoms with Gasteiger partial charge in [0.2, 0.25) is 0 Å². The number of methoxy groups -OCH3 is 1. The molecule has 0 N–H and O–H groups in total. The van der Waals surface area contributed by atoms with Crippen molar-refractivity contribution < 1.29 is 9.13 Å². The van der Waals surface area contributed by atoms with Crippen molar-refractivity contribution >= 4 is 23.1 Å². The molecule has 1 aromatic carbocycles. The van der Waals surface area contributed by atoms with Gasteiger partial charge in [-0.3, -0.25) is 0 Å². The van der Waals surface area contributed by atoms with Crippen LogP contribution in [0.15, 0.2) is 36.5 Å². The average Bonchev–Trinajstić information content (AvgIpc) is 2.38. The Kier molecular flexibility index (Phi) is 3.67.